The van der Waals surface area contributed by atoms with Crippen molar-refractivity contribution < 1.29 is 19.0 Å². The van der Waals surface area contributed by atoms with Gasteiger partial charge in [-0.05, 0) is 91.4 Å². The van der Waals surface area contributed by atoms with Crippen LogP contribution < -0.4 is 19.5 Å². The summed E-state index contributed by atoms with van der Waals surface area (Å²) in [6, 6.07) is 12.5. The van der Waals surface area contributed by atoms with Crippen molar-refractivity contribution in [3.63, 3.8) is 0 Å². The second kappa shape index (κ2) is 10.7. The molecule has 0 aliphatic carbocycles. The van der Waals surface area contributed by atoms with E-state index in [1.54, 1.807) is 37.4 Å². The van der Waals surface area contributed by atoms with Gasteiger partial charge in [-0.1, -0.05) is 0 Å². The number of hydrogen-bond donors (Lipinski definition) is 1. The van der Waals surface area contributed by atoms with Gasteiger partial charge in [-0.3, -0.25) is 4.79 Å². The van der Waals surface area contributed by atoms with Gasteiger partial charge in [0.2, 0.25) is 0 Å². The van der Waals surface area contributed by atoms with Gasteiger partial charge < -0.3 is 19.5 Å². The predicted molar refractivity (Wildman–Crippen MR) is 121 cm³/mol. The van der Waals surface area contributed by atoms with Crippen LogP contribution in [0.25, 0.3) is 6.08 Å². The number of carbonyl (C=O) groups is 1. The second-order valence-electron chi connectivity index (χ2n) is 6.28. The molecule has 2 aromatic carbocycles. The summed E-state index contributed by atoms with van der Waals surface area (Å²) < 4.78 is 17.5. The maximum Gasteiger partial charge on any atom is 0.266 e. The third-order valence-corrected chi connectivity index (χ3v) is 4.51. The van der Waals surface area contributed by atoms with E-state index in [1.165, 1.54) is 6.08 Å². The second-order valence-corrected chi connectivity index (χ2v) is 7.44. The van der Waals surface area contributed by atoms with E-state index in [9.17, 15) is 10.1 Å². The fourth-order valence-corrected chi connectivity index (χ4v) is 3.22. The average Bonchev–Trinajstić information content (AvgIpc) is 2.69. The van der Waals surface area contributed by atoms with Crippen molar-refractivity contribution in [1.82, 2.24) is 0 Å². The number of nitrogens with one attached hydrogen (secondary N) is 1. The van der Waals surface area contributed by atoms with Gasteiger partial charge in [-0.15, -0.1) is 0 Å². The van der Waals surface area contributed by atoms with Crippen LogP contribution in [-0.2, 0) is 4.79 Å². The first-order chi connectivity index (χ1) is 13.9. The number of halogens is 1. The molecule has 152 valence electrons. The van der Waals surface area contributed by atoms with Gasteiger partial charge in [-0.2, -0.15) is 5.26 Å². The minimum atomic E-state index is -0.492. The lowest BCUT2D eigenvalue weighted by Crippen LogP contribution is -2.13. The normalized spacial score (nSPS) is 11.0. The molecule has 0 spiro atoms. The first-order valence-electron chi connectivity index (χ1n) is 9.08. The van der Waals surface area contributed by atoms with Crippen molar-refractivity contribution in [2.45, 2.75) is 26.9 Å². The molecule has 1 N–H and O–H groups in total. The minimum Gasteiger partial charge on any atom is -0.497 e. The van der Waals surface area contributed by atoms with E-state index in [4.69, 9.17) is 14.2 Å². The van der Waals surface area contributed by atoms with Gasteiger partial charge in [0, 0.05) is 5.69 Å². The Labute approximate surface area is 184 Å². The van der Waals surface area contributed by atoms with Crippen LogP contribution in [0.5, 0.6) is 17.2 Å². The van der Waals surface area contributed by atoms with Crippen molar-refractivity contribution in [3.05, 3.63) is 51.1 Å². The fourth-order valence-electron chi connectivity index (χ4n) is 2.47. The zero-order valence-electron chi connectivity index (χ0n) is 16.8. The van der Waals surface area contributed by atoms with Crippen LogP contribution in [0.2, 0.25) is 0 Å². The van der Waals surface area contributed by atoms with Crippen molar-refractivity contribution in [3.8, 4) is 23.3 Å². The van der Waals surface area contributed by atoms with Crippen molar-refractivity contribution in [2.75, 3.05) is 19.0 Å². The van der Waals surface area contributed by atoms with Gasteiger partial charge in [0.25, 0.3) is 5.91 Å². The summed E-state index contributed by atoms with van der Waals surface area (Å²) in [5.74, 6) is 1.42. The Kier molecular flexibility index (Phi) is 8.34. The lowest BCUT2D eigenvalue weighted by Gasteiger charge is -2.17. The van der Waals surface area contributed by atoms with E-state index >= 15 is 0 Å². The third kappa shape index (κ3) is 6.39. The Morgan fingerprint density at radius 1 is 1.28 bits per heavy atom. The molecule has 0 aliphatic heterocycles. The van der Waals surface area contributed by atoms with Gasteiger partial charge in [-0.25, -0.2) is 0 Å². The maximum absolute atomic E-state index is 12.5. The number of nitriles is 1. The summed E-state index contributed by atoms with van der Waals surface area (Å²) in [5, 5.41) is 12.2. The number of methoxy groups -OCH3 is 1. The highest BCUT2D eigenvalue weighted by molar-refractivity contribution is 14.1. The van der Waals surface area contributed by atoms with Crippen LogP contribution in [0.1, 0.15) is 26.3 Å². The number of amides is 1. The molecule has 0 radical (unpaired) electrons. The molecule has 0 fully saturated rings. The number of ether oxygens (including phenoxy) is 3. The van der Waals surface area contributed by atoms with E-state index in [0.29, 0.717) is 35.1 Å². The molecule has 6 nitrogen and oxygen atoms in total. The molecular formula is C22H23IN2O4. The third-order valence-electron chi connectivity index (χ3n) is 3.71. The van der Waals surface area contributed by atoms with Crippen LogP contribution >= 0.6 is 22.6 Å². The zero-order valence-corrected chi connectivity index (χ0v) is 18.9. The van der Waals surface area contributed by atoms with Gasteiger partial charge >= 0.3 is 0 Å². The predicted octanol–water partition coefficient (Wildman–Crippen LogP) is 5.03. The van der Waals surface area contributed by atoms with Gasteiger partial charge in [0.05, 0.1) is 23.4 Å². The maximum atomic E-state index is 12.5. The molecule has 0 unspecified atom stereocenters. The SMILES string of the molecule is CCOc1cc(/C=C(\C#N)C(=O)Nc2ccc(OC)cc2)cc(I)c1OC(C)C. The van der Waals surface area contributed by atoms with Crippen LogP contribution in [0.15, 0.2) is 42.0 Å². The highest BCUT2D eigenvalue weighted by Gasteiger charge is 2.15. The van der Waals surface area contributed by atoms with E-state index in [2.05, 4.69) is 27.9 Å². The lowest BCUT2D eigenvalue weighted by atomic mass is 10.1. The molecule has 0 saturated heterocycles. The quantitative estimate of drug-likeness (QED) is 0.309. The van der Waals surface area contributed by atoms with Crippen molar-refractivity contribution in [2.24, 2.45) is 0 Å². The molecule has 0 heterocycles. The summed E-state index contributed by atoms with van der Waals surface area (Å²) >= 11 is 2.16. The number of hydrogen-bond acceptors (Lipinski definition) is 5. The standard InChI is InChI=1S/C22H23IN2O4/c1-5-28-20-12-15(11-19(23)21(20)29-14(2)3)10-16(13-24)22(26)25-17-6-8-18(27-4)9-7-17/h6-12,14H,5H2,1-4H3,(H,25,26)/b16-10+. The number of benzene rings is 2. The van der Waals surface area contributed by atoms with Gasteiger partial charge in [0.1, 0.15) is 17.4 Å². The van der Waals surface area contributed by atoms with E-state index < -0.39 is 5.91 Å². The Morgan fingerprint density at radius 2 is 1.97 bits per heavy atom. The molecule has 29 heavy (non-hydrogen) atoms. The number of anilines is 1. The Bertz CT molecular complexity index is 931. The number of nitrogens with zero attached hydrogens (tertiary/aromatic N) is 1. The molecule has 2 aromatic rings. The van der Waals surface area contributed by atoms with E-state index in [1.807, 2.05) is 32.9 Å². The van der Waals surface area contributed by atoms with Crippen molar-refractivity contribution >= 4 is 40.3 Å². The Hall–Kier alpha value is -2.73. The van der Waals surface area contributed by atoms with E-state index in [0.717, 1.165) is 3.57 Å². The summed E-state index contributed by atoms with van der Waals surface area (Å²) in [6.45, 7) is 6.24. The minimum absolute atomic E-state index is 0.00550. The highest BCUT2D eigenvalue weighted by Crippen LogP contribution is 2.35. The molecule has 0 aromatic heterocycles. The molecule has 0 saturated carbocycles. The molecule has 2 rings (SSSR count). The monoisotopic (exact) mass is 506 g/mol. The van der Waals surface area contributed by atoms with E-state index in [-0.39, 0.29) is 11.7 Å². The zero-order chi connectivity index (χ0) is 21.4. The average molecular weight is 506 g/mol. The van der Waals surface area contributed by atoms with Crippen LogP contribution in [0.3, 0.4) is 0 Å². The summed E-state index contributed by atoms with van der Waals surface area (Å²) in [7, 11) is 1.57. The Morgan fingerprint density at radius 3 is 2.52 bits per heavy atom. The summed E-state index contributed by atoms with van der Waals surface area (Å²) in [5.41, 5.74) is 1.23. The van der Waals surface area contributed by atoms with Crippen molar-refractivity contribution in [1.29, 1.82) is 5.26 Å². The molecule has 0 bridgehead atoms. The smallest absolute Gasteiger partial charge is 0.266 e. The topological polar surface area (TPSA) is 80.6 Å². The molecule has 1 amide bonds. The molecular weight excluding hydrogens is 483 g/mol. The largest absolute Gasteiger partial charge is 0.497 e. The summed E-state index contributed by atoms with van der Waals surface area (Å²) in [4.78, 5) is 12.5. The fraction of sp³-hybridized carbons (Fsp3) is 0.273. The molecule has 0 aliphatic rings. The molecule has 7 heteroatoms. The van der Waals surface area contributed by atoms with Crippen LogP contribution in [-0.4, -0.2) is 25.7 Å². The molecule has 0 atom stereocenters. The van der Waals surface area contributed by atoms with Gasteiger partial charge in [0.15, 0.2) is 11.5 Å². The first kappa shape index (κ1) is 22.6. The lowest BCUT2D eigenvalue weighted by molar-refractivity contribution is -0.112. The Balaban J connectivity index is 2.30. The first-order valence-corrected chi connectivity index (χ1v) is 10.2. The number of rotatable bonds is 8. The highest BCUT2D eigenvalue weighted by atomic mass is 127. The van der Waals surface area contributed by atoms with Crippen LogP contribution in [0.4, 0.5) is 5.69 Å². The van der Waals surface area contributed by atoms with Crippen LogP contribution in [0, 0.1) is 14.9 Å². The summed E-state index contributed by atoms with van der Waals surface area (Å²) in [6.07, 6.45) is 1.52. The number of carbonyl (C=O) groups excluding carboxylic acids is 1.